The second-order valence-corrected chi connectivity index (χ2v) is 5.96. The fourth-order valence-corrected chi connectivity index (χ4v) is 4.26. The van der Waals surface area contributed by atoms with E-state index < -0.39 is 17.3 Å². The number of benzene rings is 2. The molecule has 116 valence electrons. The highest BCUT2D eigenvalue weighted by molar-refractivity contribution is 5.99. The van der Waals surface area contributed by atoms with E-state index in [1.165, 1.54) is 14.2 Å². The number of carbonyl (C=O) groups excluding carboxylic acids is 2. The number of esters is 2. The Hall–Kier alpha value is -2.62. The van der Waals surface area contributed by atoms with Gasteiger partial charge in [0.2, 0.25) is 0 Å². The van der Waals surface area contributed by atoms with Gasteiger partial charge in [0.1, 0.15) is 0 Å². The van der Waals surface area contributed by atoms with Crippen LogP contribution in [0.15, 0.2) is 48.5 Å². The smallest absolute Gasteiger partial charge is 0.310 e. The molecule has 0 saturated heterocycles. The minimum Gasteiger partial charge on any atom is -0.469 e. The first-order valence-corrected chi connectivity index (χ1v) is 7.53. The van der Waals surface area contributed by atoms with Crippen LogP contribution in [0.5, 0.6) is 0 Å². The summed E-state index contributed by atoms with van der Waals surface area (Å²) in [6, 6.07) is 15.9. The van der Waals surface area contributed by atoms with Gasteiger partial charge in [-0.05, 0) is 22.3 Å². The Balaban J connectivity index is 2.00. The molecule has 0 aliphatic heterocycles. The SMILES string of the molecule is COC(=O)C1C(C(=O)OC)C12c1ccccc1-c1ccccc12. The molecule has 4 rings (SSSR count). The van der Waals surface area contributed by atoms with Crippen molar-refractivity contribution < 1.29 is 19.1 Å². The van der Waals surface area contributed by atoms with Crippen LogP contribution in [0.2, 0.25) is 0 Å². The fraction of sp³-hybridized carbons (Fsp3) is 0.263. The molecule has 0 bridgehead atoms. The molecule has 0 aromatic heterocycles. The fourth-order valence-electron chi connectivity index (χ4n) is 4.26. The molecule has 0 N–H and O–H groups in total. The minimum atomic E-state index is -0.659. The van der Waals surface area contributed by atoms with Crippen LogP contribution in [0.1, 0.15) is 11.1 Å². The van der Waals surface area contributed by atoms with Gasteiger partial charge in [-0.3, -0.25) is 9.59 Å². The molecule has 4 heteroatoms. The Kier molecular flexibility index (Phi) is 2.85. The van der Waals surface area contributed by atoms with Crippen molar-refractivity contribution in [3.63, 3.8) is 0 Å². The van der Waals surface area contributed by atoms with Crippen LogP contribution in [0.4, 0.5) is 0 Å². The molecular formula is C19H16O4. The maximum absolute atomic E-state index is 12.4. The van der Waals surface area contributed by atoms with E-state index in [0.717, 1.165) is 22.3 Å². The third-order valence-corrected chi connectivity index (χ3v) is 5.15. The lowest BCUT2D eigenvalue weighted by atomic mass is 9.89. The number of fused-ring (bicyclic) bond motifs is 5. The first kappa shape index (κ1) is 14.0. The van der Waals surface area contributed by atoms with Crippen molar-refractivity contribution in [2.75, 3.05) is 14.2 Å². The van der Waals surface area contributed by atoms with Crippen LogP contribution < -0.4 is 0 Å². The largest absolute Gasteiger partial charge is 0.469 e. The monoisotopic (exact) mass is 308 g/mol. The number of ether oxygens (including phenoxy) is 2. The van der Waals surface area contributed by atoms with Gasteiger partial charge in [0.15, 0.2) is 0 Å². The molecule has 1 spiro atoms. The van der Waals surface area contributed by atoms with Crippen molar-refractivity contribution in [1.29, 1.82) is 0 Å². The molecule has 2 atom stereocenters. The third-order valence-electron chi connectivity index (χ3n) is 5.15. The number of hydrogen-bond acceptors (Lipinski definition) is 4. The standard InChI is InChI=1S/C19H16O4/c1-22-17(20)15-16(18(21)23-2)19(15)13-9-5-3-7-11(13)12-8-4-6-10-14(12)19/h3-10,15-16H,1-2H3. The Bertz CT molecular complexity index is 754. The van der Waals surface area contributed by atoms with Crippen molar-refractivity contribution in [3.8, 4) is 11.1 Å². The zero-order valence-corrected chi connectivity index (χ0v) is 12.9. The summed E-state index contributed by atoms with van der Waals surface area (Å²) in [6.45, 7) is 0. The van der Waals surface area contributed by atoms with Gasteiger partial charge in [-0.25, -0.2) is 0 Å². The van der Waals surface area contributed by atoms with Crippen molar-refractivity contribution >= 4 is 11.9 Å². The maximum Gasteiger partial charge on any atom is 0.310 e. The van der Waals surface area contributed by atoms with E-state index in [4.69, 9.17) is 9.47 Å². The predicted octanol–water partition coefficient (Wildman–Crippen LogP) is 2.55. The minimum absolute atomic E-state index is 0.369. The molecule has 4 nitrogen and oxygen atoms in total. The van der Waals surface area contributed by atoms with Crippen LogP contribution in [-0.4, -0.2) is 26.2 Å². The lowest BCUT2D eigenvalue weighted by Gasteiger charge is -2.13. The summed E-state index contributed by atoms with van der Waals surface area (Å²) >= 11 is 0. The van der Waals surface area contributed by atoms with Crippen molar-refractivity contribution in [1.82, 2.24) is 0 Å². The van der Waals surface area contributed by atoms with E-state index in [1.54, 1.807) is 0 Å². The zero-order valence-electron chi connectivity index (χ0n) is 12.9. The topological polar surface area (TPSA) is 52.6 Å². The van der Waals surface area contributed by atoms with Gasteiger partial charge in [-0.15, -0.1) is 0 Å². The average Bonchev–Trinajstić information content (AvgIpc) is 3.22. The first-order valence-electron chi connectivity index (χ1n) is 7.53. The number of carbonyl (C=O) groups is 2. The van der Waals surface area contributed by atoms with Crippen LogP contribution in [-0.2, 0) is 24.5 Å². The van der Waals surface area contributed by atoms with Gasteiger partial charge in [0.25, 0.3) is 0 Å². The summed E-state index contributed by atoms with van der Waals surface area (Å²) in [6.07, 6.45) is 0. The molecule has 1 saturated carbocycles. The lowest BCUT2D eigenvalue weighted by molar-refractivity contribution is -0.148. The van der Waals surface area contributed by atoms with Gasteiger partial charge in [0, 0.05) is 5.41 Å². The maximum atomic E-state index is 12.4. The molecule has 2 aliphatic carbocycles. The zero-order chi connectivity index (χ0) is 16.2. The number of rotatable bonds is 2. The molecular weight excluding hydrogens is 292 g/mol. The van der Waals surface area contributed by atoms with E-state index >= 15 is 0 Å². The Labute approximate surface area is 134 Å². The van der Waals surface area contributed by atoms with E-state index in [-0.39, 0.29) is 11.9 Å². The molecule has 0 radical (unpaired) electrons. The Morgan fingerprint density at radius 2 is 1.17 bits per heavy atom. The summed E-state index contributed by atoms with van der Waals surface area (Å²) in [5, 5.41) is 0. The quantitative estimate of drug-likeness (QED) is 0.800. The third kappa shape index (κ3) is 1.55. The molecule has 2 aliphatic rings. The van der Waals surface area contributed by atoms with Crippen LogP contribution in [0.3, 0.4) is 0 Å². The van der Waals surface area contributed by atoms with Crippen LogP contribution in [0, 0.1) is 11.8 Å². The molecule has 0 heterocycles. The van der Waals surface area contributed by atoms with E-state index in [2.05, 4.69) is 0 Å². The molecule has 1 fully saturated rings. The Morgan fingerprint density at radius 3 is 1.57 bits per heavy atom. The summed E-state index contributed by atoms with van der Waals surface area (Å²) < 4.78 is 9.94. The highest BCUT2D eigenvalue weighted by Gasteiger charge is 2.76. The highest BCUT2D eigenvalue weighted by Crippen LogP contribution is 2.70. The van der Waals surface area contributed by atoms with E-state index in [0.29, 0.717) is 0 Å². The number of methoxy groups -OCH3 is 2. The van der Waals surface area contributed by atoms with Gasteiger partial charge in [-0.2, -0.15) is 0 Å². The molecule has 23 heavy (non-hydrogen) atoms. The first-order chi connectivity index (χ1) is 11.2. The average molecular weight is 308 g/mol. The predicted molar refractivity (Wildman–Crippen MR) is 83.7 cm³/mol. The van der Waals surface area contributed by atoms with Crippen molar-refractivity contribution in [2.24, 2.45) is 11.8 Å². The van der Waals surface area contributed by atoms with Crippen molar-refractivity contribution in [3.05, 3.63) is 59.7 Å². The lowest BCUT2D eigenvalue weighted by Crippen LogP contribution is -2.16. The van der Waals surface area contributed by atoms with Gasteiger partial charge in [0.05, 0.1) is 26.1 Å². The van der Waals surface area contributed by atoms with Gasteiger partial charge < -0.3 is 9.47 Å². The summed E-state index contributed by atoms with van der Waals surface area (Å²) in [7, 11) is 2.71. The molecule has 2 aromatic carbocycles. The van der Waals surface area contributed by atoms with Crippen molar-refractivity contribution in [2.45, 2.75) is 5.41 Å². The summed E-state index contributed by atoms with van der Waals surface area (Å²) in [4.78, 5) is 24.7. The summed E-state index contributed by atoms with van der Waals surface area (Å²) in [5.74, 6) is -1.81. The highest BCUT2D eigenvalue weighted by atomic mass is 16.5. The number of hydrogen-bond donors (Lipinski definition) is 0. The second-order valence-electron chi connectivity index (χ2n) is 5.96. The Morgan fingerprint density at radius 1 is 0.783 bits per heavy atom. The normalized spacial score (nSPS) is 22.2. The van der Waals surface area contributed by atoms with Gasteiger partial charge >= 0.3 is 11.9 Å². The van der Waals surface area contributed by atoms with E-state index in [1.807, 2.05) is 48.5 Å². The summed E-state index contributed by atoms with van der Waals surface area (Å²) in [5.41, 5.74) is 3.50. The second kappa shape index (κ2) is 4.69. The van der Waals surface area contributed by atoms with Gasteiger partial charge in [-0.1, -0.05) is 48.5 Å². The van der Waals surface area contributed by atoms with Crippen LogP contribution >= 0.6 is 0 Å². The van der Waals surface area contributed by atoms with Crippen LogP contribution in [0.25, 0.3) is 11.1 Å². The molecule has 2 unspecified atom stereocenters. The molecule has 0 amide bonds. The molecule has 2 aromatic rings. The van der Waals surface area contributed by atoms with E-state index in [9.17, 15) is 9.59 Å².